The van der Waals surface area contributed by atoms with Crippen molar-refractivity contribution < 1.29 is 30.7 Å². The minimum absolute atomic E-state index is 0.00813. The Morgan fingerprint density at radius 3 is 2.14 bits per heavy atom. The zero-order valence-electron chi connectivity index (χ0n) is 22.9. The third kappa shape index (κ3) is 9.82. The molecule has 0 aliphatic rings. The highest BCUT2D eigenvalue weighted by atomic mass is 19.4. The first kappa shape index (κ1) is 32.7. The highest BCUT2D eigenvalue weighted by Gasteiger charge is 2.51. The number of nitrogens with zero attached hydrogens (tertiary/aromatic N) is 2. The van der Waals surface area contributed by atoms with Crippen LogP contribution in [0.25, 0.3) is 0 Å². The van der Waals surface area contributed by atoms with Gasteiger partial charge in [-0.1, -0.05) is 52.8 Å². The highest BCUT2D eigenvalue weighted by molar-refractivity contribution is 5.44. The van der Waals surface area contributed by atoms with Crippen molar-refractivity contribution in [3.63, 3.8) is 0 Å². The molecule has 1 rings (SSSR count). The molecule has 0 bridgehead atoms. The SMILES string of the molecule is CC/C=C/C(C(/C)=C/CCC(C)(F)C(F)(F)F)=C(\N=c1cc(CC(C)C(C)(C)C)ccn1C)C(F)(F)F. The van der Waals surface area contributed by atoms with Crippen LogP contribution in [-0.4, -0.2) is 22.6 Å². The van der Waals surface area contributed by atoms with Gasteiger partial charge in [-0.15, -0.1) is 0 Å². The minimum atomic E-state index is -5.06. The molecule has 37 heavy (non-hydrogen) atoms. The zero-order chi connectivity index (χ0) is 28.8. The van der Waals surface area contributed by atoms with Crippen LogP contribution in [0.15, 0.2) is 58.4 Å². The molecule has 2 nitrogen and oxygen atoms in total. The smallest absolute Gasteiger partial charge is 0.336 e. The predicted octanol–water partition coefficient (Wildman–Crippen LogP) is 8.95. The lowest BCUT2D eigenvalue weighted by atomic mass is 9.79. The monoisotopic (exact) mass is 536 g/mol. The van der Waals surface area contributed by atoms with Gasteiger partial charge in [-0.2, -0.15) is 26.3 Å². The van der Waals surface area contributed by atoms with Crippen LogP contribution in [0.4, 0.5) is 30.7 Å². The predicted molar refractivity (Wildman–Crippen MR) is 134 cm³/mol. The van der Waals surface area contributed by atoms with E-state index in [4.69, 9.17) is 0 Å². The number of rotatable bonds is 9. The molecule has 0 radical (unpaired) electrons. The van der Waals surface area contributed by atoms with Crippen LogP contribution in [-0.2, 0) is 13.5 Å². The van der Waals surface area contributed by atoms with Crippen molar-refractivity contribution in [2.75, 3.05) is 0 Å². The number of alkyl halides is 7. The van der Waals surface area contributed by atoms with Crippen LogP contribution in [0.2, 0.25) is 0 Å². The molecule has 0 amide bonds. The van der Waals surface area contributed by atoms with E-state index in [1.807, 2.05) is 6.07 Å². The fraction of sp³-hybridized carbons (Fsp3) is 0.607. The second kappa shape index (κ2) is 12.5. The number of halogens is 7. The Morgan fingerprint density at radius 2 is 1.65 bits per heavy atom. The van der Waals surface area contributed by atoms with Gasteiger partial charge in [0.1, 0.15) is 5.49 Å². The van der Waals surface area contributed by atoms with Crippen molar-refractivity contribution >= 4 is 0 Å². The maximum absolute atomic E-state index is 14.3. The van der Waals surface area contributed by atoms with E-state index in [1.165, 1.54) is 29.7 Å². The molecule has 0 saturated heterocycles. The summed E-state index contributed by atoms with van der Waals surface area (Å²) < 4.78 is 96.8. The van der Waals surface area contributed by atoms with Crippen molar-refractivity contribution in [2.24, 2.45) is 23.4 Å². The van der Waals surface area contributed by atoms with E-state index in [1.54, 1.807) is 26.2 Å². The fourth-order valence-corrected chi connectivity index (χ4v) is 3.33. The van der Waals surface area contributed by atoms with E-state index in [-0.39, 0.29) is 34.4 Å². The average Bonchev–Trinajstić information content (AvgIpc) is 2.72. The number of hydrogen-bond donors (Lipinski definition) is 0. The summed E-state index contributed by atoms with van der Waals surface area (Å²) >= 11 is 0. The Morgan fingerprint density at radius 1 is 1.05 bits per heavy atom. The van der Waals surface area contributed by atoms with Crippen LogP contribution in [0, 0.1) is 11.3 Å². The largest absolute Gasteiger partial charge is 0.434 e. The van der Waals surface area contributed by atoms with Crippen LogP contribution < -0.4 is 5.49 Å². The van der Waals surface area contributed by atoms with E-state index in [0.717, 1.165) is 5.56 Å². The van der Waals surface area contributed by atoms with Crippen molar-refractivity contribution in [3.05, 3.63) is 64.5 Å². The van der Waals surface area contributed by atoms with E-state index in [9.17, 15) is 30.7 Å². The third-order valence-corrected chi connectivity index (χ3v) is 6.56. The summed E-state index contributed by atoms with van der Waals surface area (Å²) in [7, 11) is 1.59. The molecule has 1 aromatic rings. The lowest BCUT2D eigenvalue weighted by Gasteiger charge is -2.27. The zero-order valence-corrected chi connectivity index (χ0v) is 22.9. The summed E-state index contributed by atoms with van der Waals surface area (Å²) in [4.78, 5) is 4.00. The molecule has 2 atom stereocenters. The molecule has 0 spiro atoms. The van der Waals surface area contributed by atoms with Crippen molar-refractivity contribution in [3.8, 4) is 0 Å². The molecule has 0 saturated carbocycles. The van der Waals surface area contributed by atoms with Gasteiger partial charge in [0.05, 0.1) is 0 Å². The molecular weight excluding hydrogens is 497 g/mol. The molecule has 1 heterocycles. The van der Waals surface area contributed by atoms with Gasteiger partial charge in [0, 0.05) is 18.8 Å². The second-order valence-corrected chi connectivity index (χ2v) is 10.8. The summed E-state index contributed by atoms with van der Waals surface area (Å²) in [5, 5.41) is 0. The van der Waals surface area contributed by atoms with E-state index in [0.29, 0.717) is 19.8 Å². The van der Waals surface area contributed by atoms with Gasteiger partial charge in [0.25, 0.3) is 0 Å². The lowest BCUT2D eigenvalue weighted by molar-refractivity contribution is -0.225. The third-order valence-electron chi connectivity index (χ3n) is 6.56. The molecule has 0 aromatic carbocycles. The quantitative estimate of drug-likeness (QED) is 0.221. The molecule has 0 N–H and O–H groups in total. The fourth-order valence-electron chi connectivity index (χ4n) is 3.33. The molecule has 2 unspecified atom stereocenters. The minimum Gasteiger partial charge on any atom is -0.336 e. The number of aromatic nitrogens is 1. The molecule has 1 aromatic heterocycles. The van der Waals surface area contributed by atoms with Crippen LogP contribution in [0.3, 0.4) is 0 Å². The van der Waals surface area contributed by atoms with Gasteiger partial charge in [-0.3, -0.25) is 0 Å². The van der Waals surface area contributed by atoms with Gasteiger partial charge in [-0.05, 0) is 74.1 Å². The van der Waals surface area contributed by atoms with E-state index in [2.05, 4.69) is 32.7 Å². The number of hydrogen-bond acceptors (Lipinski definition) is 1. The number of pyridine rings is 1. The van der Waals surface area contributed by atoms with Gasteiger partial charge in [0.2, 0.25) is 5.67 Å². The molecule has 9 heteroatoms. The summed E-state index contributed by atoms with van der Waals surface area (Å²) in [5.74, 6) is 0.261. The average molecular weight is 537 g/mol. The first-order valence-corrected chi connectivity index (χ1v) is 12.3. The molecule has 0 aliphatic carbocycles. The maximum atomic E-state index is 14.3. The Bertz CT molecular complexity index is 1060. The van der Waals surface area contributed by atoms with Gasteiger partial charge in [-0.25, -0.2) is 9.38 Å². The first-order valence-electron chi connectivity index (χ1n) is 12.3. The van der Waals surface area contributed by atoms with Crippen LogP contribution in [0.1, 0.15) is 73.3 Å². The lowest BCUT2D eigenvalue weighted by Crippen LogP contribution is -2.37. The number of allylic oxidation sites excluding steroid dienone is 6. The Balaban J connectivity index is 3.67. The van der Waals surface area contributed by atoms with Gasteiger partial charge >= 0.3 is 12.4 Å². The van der Waals surface area contributed by atoms with E-state index < -0.39 is 30.1 Å². The molecule has 0 aliphatic heterocycles. The van der Waals surface area contributed by atoms with Crippen LogP contribution >= 0.6 is 0 Å². The second-order valence-electron chi connectivity index (χ2n) is 10.8. The summed E-state index contributed by atoms with van der Waals surface area (Å²) in [6.07, 6.45) is -4.47. The topological polar surface area (TPSA) is 17.3 Å². The summed E-state index contributed by atoms with van der Waals surface area (Å²) in [5.41, 5.74) is -3.87. The van der Waals surface area contributed by atoms with Crippen molar-refractivity contribution in [1.29, 1.82) is 0 Å². The van der Waals surface area contributed by atoms with Crippen LogP contribution in [0.5, 0.6) is 0 Å². The first-order chi connectivity index (χ1) is 16.7. The number of aryl methyl sites for hydroxylation is 1. The normalized spacial score (nSPS) is 17.7. The van der Waals surface area contributed by atoms with Gasteiger partial charge < -0.3 is 4.57 Å². The highest BCUT2D eigenvalue weighted by Crippen LogP contribution is 2.38. The molecular formula is C28H39F7N2. The van der Waals surface area contributed by atoms with Crippen molar-refractivity contribution in [2.45, 2.75) is 92.2 Å². The molecule has 0 fully saturated rings. The van der Waals surface area contributed by atoms with E-state index >= 15 is 0 Å². The van der Waals surface area contributed by atoms with Gasteiger partial charge in [0.15, 0.2) is 5.70 Å². The summed E-state index contributed by atoms with van der Waals surface area (Å²) in [6.45, 7) is 11.9. The Kier molecular flexibility index (Phi) is 11.0. The van der Waals surface area contributed by atoms with Crippen molar-refractivity contribution in [1.82, 2.24) is 4.57 Å². The standard InChI is InChI=1S/C28H39F7N2/c1-9-10-13-22(19(2)12-11-15-26(7,29)28(33,34)35)24(27(30,31)32)36-23-18-21(14-16-37(23)8)17-20(3)25(4,5)6/h10,12-14,16,18,20H,9,11,15,17H2,1-8H3/b13-10+,19-12+,24-22+,36-23?. The molecule has 210 valence electrons. The Labute approximate surface area is 215 Å². The summed E-state index contributed by atoms with van der Waals surface area (Å²) in [6, 6.07) is 3.46. The maximum Gasteiger partial charge on any atom is 0.434 e. The Hall–Kier alpha value is -2.32.